The number of rotatable bonds is 6. The molecule has 0 aliphatic rings. The highest BCUT2D eigenvalue weighted by Gasteiger charge is 2.20. The molecule has 3 nitrogen and oxygen atoms in total. The SMILES string of the molecule is CC(NC(CC(=O)O)c1cccs1)c1ccccc1F. The summed E-state index contributed by atoms with van der Waals surface area (Å²) >= 11 is 1.49. The molecule has 0 bridgehead atoms. The maximum atomic E-state index is 13.7. The van der Waals surface area contributed by atoms with E-state index in [2.05, 4.69) is 5.32 Å². The highest BCUT2D eigenvalue weighted by molar-refractivity contribution is 7.10. The maximum absolute atomic E-state index is 13.7. The molecule has 2 atom stereocenters. The minimum absolute atomic E-state index is 0.0285. The highest BCUT2D eigenvalue weighted by Crippen LogP contribution is 2.26. The Balaban J connectivity index is 2.15. The molecule has 106 valence electrons. The molecule has 0 saturated carbocycles. The topological polar surface area (TPSA) is 49.3 Å². The van der Waals surface area contributed by atoms with Crippen LogP contribution in [-0.4, -0.2) is 11.1 Å². The molecular weight excluding hydrogens is 277 g/mol. The molecule has 1 heterocycles. The fraction of sp³-hybridized carbons (Fsp3) is 0.267. The molecule has 0 radical (unpaired) electrons. The summed E-state index contributed by atoms with van der Waals surface area (Å²) in [7, 11) is 0. The Morgan fingerprint density at radius 2 is 2.10 bits per heavy atom. The zero-order valence-electron chi connectivity index (χ0n) is 11.0. The molecule has 0 amide bonds. The minimum Gasteiger partial charge on any atom is -0.481 e. The van der Waals surface area contributed by atoms with E-state index < -0.39 is 5.97 Å². The molecule has 1 aromatic heterocycles. The van der Waals surface area contributed by atoms with Gasteiger partial charge in [0.25, 0.3) is 0 Å². The van der Waals surface area contributed by atoms with Gasteiger partial charge >= 0.3 is 5.97 Å². The summed E-state index contributed by atoms with van der Waals surface area (Å²) in [5.74, 6) is -1.16. The molecule has 0 aliphatic carbocycles. The van der Waals surface area contributed by atoms with Crippen molar-refractivity contribution in [3.63, 3.8) is 0 Å². The second-order valence-corrected chi connectivity index (χ2v) is 5.56. The minimum atomic E-state index is -0.878. The van der Waals surface area contributed by atoms with Gasteiger partial charge in [0.05, 0.1) is 12.5 Å². The van der Waals surface area contributed by atoms with Crippen LogP contribution < -0.4 is 5.32 Å². The van der Waals surface area contributed by atoms with Crippen molar-refractivity contribution in [2.24, 2.45) is 0 Å². The summed E-state index contributed by atoms with van der Waals surface area (Å²) in [4.78, 5) is 11.9. The molecule has 20 heavy (non-hydrogen) atoms. The van der Waals surface area contributed by atoms with E-state index in [4.69, 9.17) is 5.11 Å². The Hall–Kier alpha value is -1.72. The Morgan fingerprint density at radius 3 is 2.70 bits per heavy atom. The van der Waals surface area contributed by atoms with E-state index in [-0.39, 0.29) is 24.3 Å². The molecule has 0 aliphatic heterocycles. The normalized spacial score (nSPS) is 13.9. The van der Waals surface area contributed by atoms with E-state index in [1.54, 1.807) is 18.2 Å². The van der Waals surface area contributed by atoms with Crippen LogP contribution in [0.25, 0.3) is 0 Å². The summed E-state index contributed by atoms with van der Waals surface area (Å²) in [6, 6.07) is 9.71. The van der Waals surface area contributed by atoms with Crippen LogP contribution in [0.2, 0.25) is 0 Å². The molecule has 2 rings (SSSR count). The summed E-state index contributed by atoms with van der Waals surface area (Å²) < 4.78 is 13.7. The Morgan fingerprint density at radius 1 is 1.35 bits per heavy atom. The first kappa shape index (κ1) is 14.7. The van der Waals surface area contributed by atoms with E-state index in [1.165, 1.54) is 17.4 Å². The Kier molecular flexibility index (Phi) is 4.87. The average molecular weight is 293 g/mol. The van der Waals surface area contributed by atoms with E-state index in [1.807, 2.05) is 24.4 Å². The van der Waals surface area contributed by atoms with Crippen molar-refractivity contribution in [3.8, 4) is 0 Å². The maximum Gasteiger partial charge on any atom is 0.305 e. The Labute approximate surface area is 121 Å². The molecule has 5 heteroatoms. The van der Waals surface area contributed by atoms with Gasteiger partial charge in [-0.05, 0) is 24.4 Å². The van der Waals surface area contributed by atoms with Crippen molar-refractivity contribution in [3.05, 3.63) is 58.0 Å². The van der Waals surface area contributed by atoms with Crippen LogP contribution in [0.4, 0.5) is 4.39 Å². The Bertz CT molecular complexity index is 571. The van der Waals surface area contributed by atoms with Gasteiger partial charge in [-0.3, -0.25) is 4.79 Å². The van der Waals surface area contributed by atoms with Gasteiger partial charge in [-0.1, -0.05) is 24.3 Å². The van der Waals surface area contributed by atoms with Crippen LogP contribution in [0.15, 0.2) is 41.8 Å². The van der Waals surface area contributed by atoms with Crippen molar-refractivity contribution >= 4 is 17.3 Å². The predicted molar refractivity (Wildman–Crippen MR) is 77.3 cm³/mol. The second kappa shape index (κ2) is 6.63. The van der Waals surface area contributed by atoms with Crippen LogP contribution in [0, 0.1) is 5.82 Å². The van der Waals surface area contributed by atoms with Crippen LogP contribution >= 0.6 is 11.3 Å². The molecule has 2 aromatic rings. The number of carboxylic acid groups (broad SMARTS) is 1. The molecule has 0 spiro atoms. The zero-order valence-corrected chi connectivity index (χ0v) is 11.9. The van der Waals surface area contributed by atoms with Gasteiger partial charge < -0.3 is 10.4 Å². The fourth-order valence-corrected chi connectivity index (χ4v) is 2.91. The number of halogens is 1. The number of carboxylic acids is 1. The highest BCUT2D eigenvalue weighted by atomic mass is 32.1. The van der Waals surface area contributed by atoms with Gasteiger partial charge in [0.15, 0.2) is 0 Å². The summed E-state index contributed by atoms with van der Waals surface area (Å²) in [5, 5.41) is 14.1. The molecule has 0 fully saturated rings. The van der Waals surface area contributed by atoms with Crippen molar-refractivity contribution in [1.29, 1.82) is 0 Å². The fourth-order valence-electron chi connectivity index (χ4n) is 2.12. The first-order valence-corrected chi connectivity index (χ1v) is 7.21. The lowest BCUT2D eigenvalue weighted by atomic mass is 10.1. The molecule has 1 aromatic carbocycles. The monoisotopic (exact) mass is 293 g/mol. The standard InChI is InChI=1S/C15H16FNO2S/c1-10(11-5-2-3-6-12(11)16)17-13(9-15(18)19)14-7-4-8-20-14/h2-8,10,13,17H,9H2,1H3,(H,18,19). The summed E-state index contributed by atoms with van der Waals surface area (Å²) in [6.07, 6.45) is -0.0285. The van der Waals surface area contributed by atoms with E-state index in [0.29, 0.717) is 5.56 Å². The largest absolute Gasteiger partial charge is 0.481 e. The number of carbonyl (C=O) groups is 1. The number of hydrogen-bond donors (Lipinski definition) is 2. The molecular formula is C15H16FNO2S. The van der Waals surface area contributed by atoms with Gasteiger partial charge in [-0.25, -0.2) is 4.39 Å². The first-order chi connectivity index (χ1) is 9.58. The van der Waals surface area contributed by atoms with Crippen LogP contribution in [0.3, 0.4) is 0 Å². The number of hydrogen-bond acceptors (Lipinski definition) is 3. The third-order valence-corrected chi connectivity index (χ3v) is 4.07. The lowest BCUT2D eigenvalue weighted by molar-refractivity contribution is -0.137. The third-order valence-electron chi connectivity index (χ3n) is 3.09. The summed E-state index contributed by atoms with van der Waals surface area (Å²) in [5.41, 5.74) is 0.541. The van der Waals surface area contributed by atoms with Gasteiger partial charge in [-0.15, -0.1) is 11.3 Å². The van der Waals surface area contributed by atoms with E-state index in [0.717, 1.165) is 4.88 Å². The number of thiophene rings is 1. The number of nitrogens with one attached hydrogen (secondary N) is 1. The van der Waals surface area contributed by atoms with Crippen molar-refractivity contribution in [1.82, 2.24) is 5.32 Å². The van der Waals surface area contributed by atoms with Gasteiger partial charge in [0.1, 0.15) is 5.82 Å². The van der Waals surface area contributed by atoms with Crippen molar-refractivity contribution in [2.75, 3.05) is 0 Å². The smallest absolute Gasteiger partial charge is 0.305 e. The van der Waals surface area contributed by atoms with E-state index in [9.17, 15) is 9.18 Å². The van der Waals surface area contributed by atoms with Crippen molar-refractivity contribution < 1.29 is 14.3 Å². The third kappa shape index (κ3) is 3.65. The average Bonchev–Trinajstić information content (AvgIpc) is 2.91. The summed E-state index contributed by atoms with van der Waals surface area (Å²) in [6.45, 7) is 1.83. The zero-order chi connectivity index (χ0) is 14.5. The molecule has 2 unspecified atom stereocenters. The number of aliphatic carboxylic acids is 1. The van der Waals surface area contributed by atoms with Gasteiger partial charge in [0, 0.05) is 16.5 Å². The van der Waals surface area contributed by atoms with Crippen LogP contribution in [0.1, 0.15) is 35.9 Å². The predicted octanol–water partition coefficient (Wildman–Crippen LogP) is 3.75. The molecule has 2 N–H and O–H groups in total. The van der Waals surface area contributed by atoms with Gasteiger partial charge in [0.2, 0.25) is 0 Å². The van der Waals surface area contributed by atoms with Crippen molar-refractivity contribution in [2.45, 2.75) is 25.4 Å². The molecule has 0 saturated heterocycles. The lowest BCUT2D eigenvalue weighted by Crippen LogP contribution is -2.26. The van der Waals surface area contributed by atoms with Crippen LogP contribution in [-0.2, 0) is 4.79 Å². The quantitative estimate of drug-likeness (QED) is 0.852. The first-order valence-electron chi connectivity index (χ1n) is 6.33. The van der Waals surface area contributed by atoms with Gasteiger partial charge in [-0.2, -0.15) is 0 Å². The van der Waals surface area contributed by atoms with E-state index >= 15 is 0 Å². The number of benzene rings is 1. The van der Waals surface area contributed by atoms with Crippen LogP contribution in [0.5, 0.6) is 0 Å². The lowest BCUT2D eigenvalue weighted by Gasteiger charge is -2.22. The second-order valence-electron chi connectivity index (χ2n) is 4.58.